The third-order valence-corrected chi connectivity index (χ3v) is 4.28. The molecule has 0 radical (unpaired) electrons. The van der Waals surface area contributed by atoms with E-state index in [1.807, 2.05) is 0 Å². The Kier molecular flexibility index (Phi) is 3.25. The number of aryl methyl sites for hydroxylation is 2. The van der Waals surface area contributed by atoms with Gasteiger partial charge >= 0.3 is 0 Å². The minimum atomic E-state index is 0.606. The summed E-state index contributed by atoms with van der Waals surface area (Å²) in [4.78, 5) is 4.94. The topological polar surface area (TPSA) is 12.9 Å². The monoisotopic (exact) mass is 259 g/mol. The molecule has 0 atom stereocenters. The Balaban J connectivity index is 2.36. The fourth-order valence-corrected chi connectivity index (χ4v) is 3.35. The Hall–Kier alpha value is -1.08. The zero-order chi connectivity index (χ0) is 12.5. The fourth-order valence-electron chi connectivity index (χ4n) is 3.04. The van der Waals surface area contributed by atoms with Crippen LogP contribution in [0, 0.1) is 0 Å². The molecule has 1 aromatic carbocycles. The molecule has 94 valence electrons. The van der Waals surface area contributed by atoms with Gasteiger partial charge in [0.1, 0.15) is 0 Å². The molecule has 0 saturated heterocycles. The molecule has 1 nitrogen and oxygen atoms in total. The lowest BCUT2D eigenvalue weighted by molar-refractivity contribution is 0.667. The van der Waals surface area contributed by atoms with Crippen LogP contribution in [0.5, 0.6) is 0 Å². The molecule has 18 heavy (non-hydrogen) atoms. The summed E-state index contributed by atoms with van der Waals surface area (Å²) in [6, 6.07) is 6.49. The van der Waals surface area contributed by atoms with Crippen molar-refractivity contribution in [2.75, 3.05) is 0 Å². The van der Waals surface area contributed by atoms with Crippen LogP contribution in [0.1, 0.15) is 42.1 Å². The Labute approximate surface area is 113 Å². The second-order valence-electron chi connectivity index (χ2n) is 5.02. The summed E-state index contributed by atoms with van der Waals surface area (Å²) >= 11 is 6.21. The average molecular weight is 260 g/mol. The molecule has 0 bridgehead atoms. The zero-order valence-corrected chi connectivity index (χ0v) is 11.6. The van der Waals surface area contributed by atoms with E-state index in [-0.39, 0.29) is 0 Å². The van der Waals surface area contributed by atoms with Crippen molar-refractivity contribution in [1.29, 1.82) is 0 Å². The predicted octanol–water partition coefficient (Wildman–Crippen LogP) is 4.41. The van der Waals surface area contributed by atoms with Crippen LogP contribution >= 0.6 is 11.6 Å². The van der Waals surface area contributed by atoms with E-state index in [9.17, 15) is 0 Å². The van der Waals surface area contributed by atoms with Crippen molar-refractivity contribution in [3.8, 4) is 0 Å². The SMILES string of the molecule is CCc1cccc2c(CCl)c3c(nc12)CCCC3. The van der Waals surface area contributed by atoms with Gasteiger partial charge in [0.25, 0.3) is 0 Å². The van der Waals surface area contributed by atoms with Crippen LogP contribution in [0.15, 0.2) is 18.2 Å². The molecule has 2 heteroatoms. The molecule has 0 fully saturated rings. The first kappa shape index (κ1) is 12.0. The van der Waals surface area contributed by atoms with Gasteiger partial charge in [-0.3, -0.25) is 4.98 Å². The molecular weight excluding hydrogens is 242 g/mol. The highest BCUT2D eigenvalue weighted by Gasteiger charge is 2.18. The van der Waals surface area contributed by atoms with Crippen molar-refractivity contribution in [2.24, 2.45) is 0 Å². The van der Waals surface area contributed by atoms with Crippen molar-refractivity contribution >= 4 is 22.5 Å². The van der Waals surface area contributed by atoms with Gasteiger partial charge in [0.2, 0.25) is 0 Å². The number of aromatic nitrogens is 1. The second kappa shape index (κ2) is 4.89. The lowest BCUT2D eigenvalue weighted by Crippen LogP contribution is -2.09. The lowest BCUT2D eigenvalue weighted by atomic mass is 9.89. The largest absolute Gasteiger partial charge is 0.252 e. The molecule has 2 aromatic rings. The zero-order valence-electron chi connectivity index (χ0n) is 10.8. The van der Waals surface area contributed by atoms with Crippen molar-refractivity contribution in [2.45, 2.75) is 44.9 Å². The summed E-state index contributed by atoms with van der Waals surface area (Å²) < 4.78 is 0. The Bertz CT molecular complexity index is 589. The van der Waals surface area contributed by atoms with E-state index < -0.39 is 0 Å². The molecule has 3 rings (SSSR count). The van der Waals surface area contributed by atoms with Crippen molar-refractivity contribution in [1.82, 2.24) is 4.98 Å². The molecule has 0 N–H and O–H groups in total. The summed E-state index contributed by atoms with van der Waals surface area (Å²) in [6.07, 6.45) is 5.84. The smallest absolute Gasteiger partial charge is 0.0740 e. The highest BCUT2D eigenvalue weighted by atomic mass is 35.5. The maximum absolute atomic E-state index is 6.21. The number of hydrogen-bond donors (Lipinski definition) is 0. The van der Waals surface area contributed by atoms with Crippen LogP contribution in [-0.4, -0.2) is 4.98 Å². The van der Waals surface area contributed by atoms with Gasteiger partial charge in [-0.15, -0.1) is 11.6 Å². The Morgan fingerprint density at radius 2 is 2.06 bits per heavy atom. The molecule has 0 spiro atoms. The number of fused-ring (bicyclic) bond motifs is 2. The average Bonchev–Trinajstić information content (AvgIpc) is 2.44. The lowest BCUT2D eigenvalue weighted by Gasteiger charge is -2.20. The van der Waals surface area contributed by atoms with E-state index in [0.29, 0.717) is 5.88 Å². The first-order valence-corrected chi connectivity index (χ1v) is 7.36. The predicted molar refractivity (Wildman–Crippen MR) is 77.3 cm³/mol. The van der Waals surface area contributed by atoms with Crippen LogP contribution in [-0.2, 0) is 25.1 Å². The molecule has 0 aliphatic heterocycles. The highest BCUT2D eigenvalue weighted by molar-refractivity contribution is 6.18. The summed E-state index contributed by atoms with van der Waals surface area (Å²) in [7, 11) is 0. The Morgan fingerprint density at radius 3 is 2.83 bits per heavy atom. The molecule has 1 aliphatic rings. The molecule has 1 heterocycles. The van der Waals surface area contributed by atoms with E-state index in [2.05, 4.69) is 25.1 Å². The summed E-state index contributed by atoms with van der Waals surface area (Å²) in [6.45, 7) is 2.19. The molecule has 0 amide bonds. The van der Waals surface area contributed by atoms with E-state index in [1.54, 1.807) is 0 Å². The van der Waals surface area contributed by atoms with Crippen LogP contribution < -0.4 is 0 Å². The van der Waals surface area contributed by atoms with Crippen LogP contribution in [0.4, 0.5) is 0 Å². The van der Waals surface area contributed by atoms with Gasteiger partial charge in [-0.1, -0.05) is 25.1 Å². The van der Waals surface area contributed by atoms with E-state index in [1.165, 1.54) is 46.1 Å². The van der Waals surface area contributed by atoms with Crippen molar-refractivity contribution in [3.05, 3.63) is 40.6 Å². The minimum absolute atomic E-state index is 0.606. The number of rotatable bonds is 2. The molecular formula is C16H18ClN. The number of alkyl halides is 1. The number of nitrogens with zero attached hydrogens (tertiary/aromatic N) is 1. The third-order valence-electron chi connectivity index (χ3n) is 4.01. The Morgan fingerprint density at radius 1 is 1.22 bits per heavy atom. The third kappa shape index (κ3) is 1.81. The van der Waals surface area contributed by atoms with Gasteiger partial charge in [-0.25, -0.2) is 0 Å². The minimum Gasteiger partial charge on any atom is -0.252 e. The maximum atomic E-state index is 6.21. The van der Waals surface area contributed by atoms with Gasteiger partial charge < -0.3 is 0 Å². The number of para-hydroxylation sites is 1. The first-order valence-electron chi connectivity index (χ1n) is 6.83. The standard InChI is InChI=1S/C16H18ClN/c1-2-11-6-5-8-13-14(10-17)12-7-3-4-9-15(12)18-16(11)13/h5-6,8H,2-4,7,9-10H2,1H3. The molecule has 0 unspecified atom stereocenters. The summed E-state index contributed by atoms with van der Waals surface area (Å²) in [5.41, 5.74) is 6.57. The first-order chi connectivity index (χ1) is 8.85. The van der Waals surface area contributed by atoms with E-state index in [4.69, 9.17) is 16.6 Å². The molecule has 1 aromatic heterocycles. The number of pyridine rings is 1. The summed E-state index contributed by atoms with van der Waals surface area (Å²) in [5, 5.41) is 1.27. The fraction of sp³-hybridized carbons (Fsp3) is 0.438. The van der Waals surface area contributed by atoms with Crippen molar-refractivity contribution < 1.29 is 0 Å². The van der Waals surface area contributed by atoms with E-state index in [0.717, 1.165) is 19.3 Å². The van der Waals surface area contributed by atoms with Gasteiger partial charge in [0.15, 0.2) is 0 Å². The number of halogens is 1. The van der Waals surface area contributed by atoms with E-state index >= 15 is 0 Å². The molecule has 1 aliphatic carbocycles. The van der Waals surface area contributed by atoms with Crippen molar-refractivity contribution in [3.63, 3.8) is 0 Å². The number of hydrogen-bond acceptors (Lipinski definition) is 1. The normalized spacial score (nSPS) is 14.8. The number of benzene rings is 1. The van der Waals surface area contributed by atoms with Crippen LogP contribution in [0.2, 0.25) is 0 Å². The van der Waals surface area contributed by atoms with Gasteiger partial charge in [0.05, 0.1) is 5.52 Å². The van der Waals surface area contributed by atoms with Gasteiger partial charge in [-0.05, 0) is 48.8 Å². The van der Waals surface area contributed by atoms with Gasteiger partial charge in [0, 0.05) is 17.0 Å². The van der Waals surface area contributed by atoms with Crippen LogP contribution in [0.3, 0.4) is 0 Å². The maximum Gasteiger partial charge on any atom is 0.0740 e. The second-order valence-corrected chi connectivity index (χ2v) is 5.29. The van der Waals surface area contributed by atoms with Crippen LogP contribution in [0.25, 0.3) is 10.9 Å². The molecule has 0 saturated carbocycles. The van der Waals surface area contributed by atoms with Gasteiger partial charge in [-0.2, -0.15) is 0 Å². The highest BCUT2D eigenvalue weighted by Crippen LogP contribution is 2.31. The summed E-state index contributed by atoms with van der Waals surface area (Å²) in [5.74, 6) is 0.606. The quantitative estimate of drug-likeness (QED) is 0.728.